The predicted octanol–water partition coefficient (Wildman–Crippen LogP) is 3.29. The monoisotopic (exact) mass is 315 g/mol. The summed E-state index contributed by atoms with van der Waals surface area (Å²) >= 11 is 0. The van der Waals surface area contributed by atoms with E-state index in [0.29, 0.717) is 13.2 Å². The van der Waals surface area contributed by atoms with Crippen molar-refractivity contribution in [3.8, 4) is 11.5 Å². The van der Waals surface area contributed by atoms with Crippen LogP contribution in [0.4, 0.5) is 0 Å². The fraction of sp³-hybridized carbons (Fsp3) is 0.632. The number of hydrogen-bond donors (Lipinski definition) is 1. The van der Waals surface area contributed by atoms with Crippen molar-refractivity contribution < 1.29 is 14.3 Å². The van der Waals surface area contributed by atoms with Gasteiger partial charge in [-0.25, -0.2) is 0 Å². The molecule has 1 N–H and O–H groups in total. The Labute approximate surface area is 137 Å². The Kier molecular flexibility index (Phi) is 4.15. The van der Waals surface area contributed by atoms with Gasteiger partial charge in [0.05, 0.1) is 0 Å². The van der Waals surface area contributed by atoms with E-state index in [-0.39, 0.29) is 5.91 Å². The molecule has 3 aliphatic rings. The molecule has 124 valence electrons. The molecule has 4 heteroatoms. The Morgan fingerprint density at radius 1 is 1.13 bits per heavy atom. The van der Waals surface area contributed by atoms with Crippen LogP contribution in [0, 0.1) is 17.8 Å². The van der Waals surface area contributed by atoms with Crippen LogP contribution < -0.4 is 14.8 Å². The second kappa shape index (κ2) is 6.42. The molecular formula is C19H25NO3. The molecule has 2 fully saturated rings. The lowest BCUT2D eigenvalue weighted by atomic mass is 9.92. The van der Waals surface area contributed by atoms with Gasteiger partial charge in [-0.1, -0.05) is 18.9 Å². The maximum Gasteiger partial charge on any atom is 0.231 e. The molecule has 4 rings (SSSR count). The molecule has 0 saturated heterocycles. The lowest BCUT2D eigenvalue weighted by molar-refractivity contribution is -0.121. The fourth-order valence-electron chi connectivity index (χ4n) is 4.63. The number of aryl methyl sites for hydroxylation is 1. The number of rotatable bonds is 5. The van der Waals surface area contributed by atoms with Gasteiger partial charge in [-0.3, -0.25) is 4.79 Å². The predicted molar refractivity (Wildman–Crippen MR) is 87.5 cm³/mol. The molecule has 1 heterocycles. The van der Waals surface area contributed by atoms with Gasteiger partial charge >= 0.3 is 0 Å². The van der Waals surface area contributed by atoms with Gasteiger partial charge in [-0.15, -0.1) is 0 Å². The van der Waals surface area contributed by atoms with E-state index in [1.165, 1.54) is 32.1 Å². The highest BCUT2D eigenvalue weighted by Crippen LogP contribution is 2.47. The van der Waals surface area contributed by atoms with Gasteiger partial charge in [0.1, 0.15) is 0 Å². The van der Waals surface area contributed by atoms with Gasteiger partial charge in [0.15, 0.2) is 11.5 Å². The number of nitrogens with one attached hydrogen (secondary N) is 1. The third-order valence-corrected chi connectivity index (χ3v) is 5.87. The van der Waals surface area contributed by atoms with E-state index in [2.05, 4.69) is 5.32 Å². The zero-order chi connectivity index (χ0) is 15.6. The summed E-state index contributed by atoms with van der Waals surface area (Å²) in [7, 11) is 0. The van der Waals surface area contributed by atoms with Crippen LogP contribution in [0.2, 0.25) is 0 Å². The average molecular weight is 315 g/mol. The van der Waals surface area contributed by atoms with E-state index in [9.17, 15) is 4.79 Å². The summed E-state index contributed by atoms with van der Waals surface area (Å²) < 4.78 is 10.7. The minimum absolute atomic E-state index is 0.170. The van der Waals surface area contributed by atoms with Crippen molar-refractivity contribution in [3.63, 3.8) is 0 Å². The van der Waals surface area contributed by atoms with Gasteiger partial charge in [-0.05, 0) is 61.1 Å². The lowest BCUT2D eigenvalue weighted by Crippen LogP contribution is -2.31. The summed E-state index contributed by atoms with van der Waals surface area (Å²) in [5.74, 6) is 4.31. The van der Waals surface area contributed by atoms with Gasteiger partial charge in [0, 0.05) is 13.0 Å². The van der Waals surface area contributed by atoms with E-state index in [0.717, 1.165) is 47.8 Å². The van der Waals surface area contributed by atoms with Crippen LogP contribution in [0.25, 0.3) is 0 Å². The van der Waals surface area contributed by atoms with Crippen LogP contribution >= 0.6 is 0 Å². The van der Waals surface area contributed by atoms with E-state index in [1.54, 1.807) is 0 Å². The summed E-state index contributed by atoms with van der Waals surface area (Å²) in [4.78, 5) is 12.1. The molecule has 0 spiro atoms. The smallest absolute Gasteiger partial charge is 0.231 e. The fourth-order valence-corrected chi connectivity index (χ4v) is 4.63. The summed E-state index contributed by atoms with van der Waals surface area (Å²) in [6, 6.07) is 5.92. The van der Waals surface area contributed by atoms with Crippen molar-refractivity contribution in [2.45, 2.75) is 44.9 Å². The topological polar surface area (TPSA) is 47.6 Å². The SMILES string of the molecule is O=C(CCc1ccc2c(c1)OCO2)NC[C@H]1CC[C@@H]2CCC[C@@H]21. The Balaban J connectivity index is 1.23. The summed E-state index contributed by atoms with van der Waals surface area (Å²) in [5, 5.41) is 3.16. The Hall–Kier alpha value is -1.71. The van der Waals surface area contributed by atoms with E-state index < -0.39 is 0 Å². The molecule has 1 aromatic carbocycles. The molecule has 1 aromatic rings. The second-order valence-corrected chi connectivity index (χ2v) is 7.18. The van der Waals surface area contributed by atoms with E-state index >= 15 is 0 Å². The third kappa shape index (κ3) is 3.17. The molecule has 4 nitrogen and oxygen atoms in total. The second-order valence-electron chi connectivity index (χ2n) is 7.18. The first-order valence-electron chi connectivity index (χ1n) is 8.95. The Bertz CT molecular complexity index is 586. The summed E-state index contributed by atoms with van der Waals surface area (Å²) in [6.45, 7) is 1.17. The zero-order valence-corrected chi connectivity index (χ0v) is 13.6. The molecule has 2 aliphatic carbocycles. The number of ether oxygens (including phenoxy) is 2. The van der Waals surface area contributed by atoms with Crippen LogP contribution in [-0.2, 0) is 11.2 Å². The molecular weight excluding hydrogens is 290 g/mol. The van der Waals surface area contributed by atoms with Crippen molar-refractivity contribution >= 4 is 5.91 Å². The summed E-state index contributed by atoms with van der Waals surface area (Å²) in [6.07, 6.45) is 8.16. The molecule has 2 saturated carbocycles. The highest BCUT2D eigenvalue weighted by Gasteiger charge is 2.38. The van der Waals surface area contributed by atoms with E-state index in [1.807, 2.05) is 18.2 Å². The lowest BCUT2D eigenvalue weighted by Gasteiger charge is -2.18. The molecule has 0 aromatic heterocycles. The first-order chi connectivity index (χ1) is 11.3. The zero-order valence-electron chi connectivity index (χ0n) is 13.6. The maximum absolute atomic E-state index is 12.1. The Morgan fingerprint density at radius 2 is 2.04 bits per heavy atom. The van der Waals surface area contributed by atoms with Crippen molar-refractivity contribution in [2.24, 2.45) is 17.8 Å². The number of carbonyl (C=O) groups is 1. The number of benzene rings is 1. The number of hydrogen-bond acceptors (Lipinski definition) is 3. The molecule has 1 amide bonds. The largest absolute Gasteiger partial charge is 0.454 e. The number of fused-ring (bicyclic) bond motifs is 2. The van der Waals surface area contributed by atoms with Crippen molar-refractivity contribution in [2.75, 3.05) is 13.3 Å². The van der Waals surface area contributed by atoms with E-state index in [4.69, 9.17) is 9.47 Å². The van der Waals surface area contributed by atoms with Crippen LogP contribution in [0.3, 0.4) is 0 Å². The van der Waals surface area contributed by atoms with Crippen LogP contribution in [0.1, 0.15) is 44.1 Å². The highest BCUT2D eigenvalue weighted by molar-refractivity contribution is 5.76. The van der Waals surface area contributed by atoms with Gasteiger partial charge in [-0.2, -0.15) is 0 Å². The molecule has 0 radical (unpaired) electrons. The quantitative estimate of drug-likeness (QED) is 0.907. The first kappa shape index (κ1) is 14.9. The Morgan fingerprint density at radius 3 is 3.00 bits per heavy atom. The summed E-state index contributed by atoms with van der Waals surface area (Å²) in [5.41, 5.74) is 1.13. The normalized spacial score (nSPS) is 27.9. The molecule has 23 heavy (non-hydrogen) atoms. The van der Waals surface area contributed by atoms with Crippen LogP contribution in [0.15, 0.2) is 18.2 Å². The number of carbonyl (C=O) groups excluding carboxylic acids is 1. The molecule has 0 bridgehead atoms. The van der Waals surface area contributed by atoms with Crippen molar-refractivity contribution in [1.82, 2.24) is 5.32 Å². The first-order valence-corrected chi connectivity index (χ1v) is 8.95. The van der Waals surface area contributed by atoms with Crippen molar-refractivity contribution in [1.29, 1.82) is 0 Å². The minimum Gasteiger partial charge on any atom is -0.454 e. The molecule has 0 unspecified atom stereocenters. The standard InChI is InChI=1S/C19H25NO3/c21-19(20-11-15-7-6-14-2-1-3-16(14)15)9-5-13-4-8-17-18(10-13)23-12-22-17/h4,8,10,14-16H,1-3,5-7,9,11-12H2,(H,20,21)/t14-,15+,16-/m0/s1. The minimum atomic E-state index is 0.170. The van der Waals surface area contributed by atoms with Gasteiger partial charge in [0.25, 0.3) is 0 Å². The maximum atomic E-state index is 12.1. The van der Waals surface area contributed by atoms with Crippen LogP contribution in [0.5, 0.6) is 11.5 Å². The van der Waals surface area contributed by atoms with Crippen LogP contribution in [-0.4, -0.2) is 19.2 Å². The van der Waals surface area contributed by atoms with Crippen molar-refractivity contribution in [3.05, 3.63) is 23.8 Å². The average Bonchev–Trinajstić information content (AvgIpc) is 3.27. The molecule has 1 aliphatic heterocycles. The third-order valence-electron chi connectivity index (χ3n) is 5.87. The van der Waals surface area contributed by atoms with Gasteiger partial charge in [0.2, 0.25) is 12.7 Å². The number of amides is 1. The van der Waals surface area contributed by atoms with Gasteiger partial charge < -0.3 is 14.8 Å². The highest BCUT2D eigenvalue weighted by atomic mass is 16.7. The molecule has 3 atom stereocenters.